The fourth-order valence-electron chi connectivity index (χ4n) is 1.58. The van der Waals surface area contributed by atoms with E-state index in [1.54, 1.807) is 11.3 Å². The van der Waals surface area contributed by atoms with E-state index in [9.17, 15) is 0 Å². The van der Waals surface area contributed by atoms with Crippen LogP contribution >= 0.6 is 11.3 Å². The minimum Gasteiger partial charge on any atom is -0.395 e. The maximum Gasteiger partial charge on any atom is 0.194 e. The van der Waals surface area contributed by atoms with Crippen LogP contribution in [0.1, 0.15) is 11.4 Å². The smallest absolute Gasteiger partial charge is 0.194 e. The molecule has 2 aromatic heterocycles. The first kappa shape index (κ1) is 11.5. The number of imidazole rings is 1. The maximum absolute atomic E-state index is 8.95. The summed E-state index contributed by atoms with van der Waals surface area (Å²) >= 11 is 1.59. The van der Waals surface area contributed by atoms with Crippen molar-refractivity contribution >= 4 is 16.3 Å². The topological polar surface area (TPSA) is 69.8 Å². The van der Waals surface area contributed by atoms with Gasteiger partial charge in [-0.2, -0.15) is 0 Å². The Labute approximate surface area is 97.4 Å². The Morgan fingerprint density at radius 1 is 1.50 bits per heavy atom. The number of hydrogen-bond acceptors (Lipinski definition) is 5. The van der Waals surface area contributed by atoms with Gasteiger partial charge in [-0.3, -0.25) is 4.40 Å². The van der Waals surface area contributed by atoms with Crippen LogP contribution in [0, 0.1) is 6.92 Å². The van der Waals surface area contributed by atoms with Gasteiger partial charge >= 0.3 is 0 Å². The highest BCUT2D eigenvalue weighted by atomic mass is 32.1. The molecule has 0 aliphatic heterocycles. The Hall–Kier alpha value is -0.950. The summed E-state index contributed by atoms with van der Waals surface area (Å²) in [5.41, 5.74) is 2.05. The number of rotatable bonds is 5. The highest BCUT2D eigenvalue weighted by molar-refractivity contribution is 7.15. The van der Waals surface area contributed by atoms with E-state index < -0.39 is 0 Å². The van der Waals surface area contributed by atoms with Crippen LogP contribution in [0.3, 0.4) is 0 Å². The van der Waals surface area contributed by atoms with Gasteiger partial charge in [0.25, 0.3) is 0 Å². The Bertz CT molecular complexity index is 462. The van der Waals surface area contributed by atoms with Gasteiger partial charge in [0.05, 0.1) is 30.6 Å². The molecule has 0 spiro atoms. The summed E-state index contributed by atoms with van der Waals surface area (Å²) in [6.45, 7) is 2.42. The molecule has 6 heteroatoms. The Kier molecular flexibility index (Phi) is 3.55. The third kappa shape index (κ3) is 2.10. The molecule has 0 fully saturated rings. The average Bonchev–Trinajstić information content (AvgIpc) is 2.82. The van der Waals surface area contributed by atoms with Crippen molar-refractivity contribution in [3.8, 4) is 0 Å². The molecule has 0 amide bonds. The number of fused-ring (bicyclic) bond motifs is 1. The zero-order valence-corrected chi connectivity index (χ0v) is 9.87. The molecule has 0 saturated carbocycles. The predicted octanol–water partition coefficient (Wildman–Crippen LogP) is 0.147. The molecule has 0 saturated heterocycles. The van der Waals surface area contributed by atoms with Gasteiger partial charge in [0.15, 0.2) is 4.96 Å². The monoisotopic (exact) mass is 241 g/mol. The second-order valence-electron chi connectivity index (χ2n) is 3.64. The van der Waals surface area contributed by atoms with Crippen LogP contribution in [0.2, 0.25) is 0 Å². The standard InChI is InChI=1S/C10H15N3O2S/c1-7-9(4-11-8(5-14)6-15)13-2-3-16-10(13)12-7/h2-3,8,11,14-15H,4-6H2,1H3. The van der Waals surface area contributed by atoms with Crippen molar-refractivity contribution in [1.82, 2.24) is 14.7 Å². The van der Waals surface area contributed by atoms with Gasteiger partial charge in [-0.15, -0.1) is 11.3 Å². The molecule has 0 aliphatic rings. The van der Waals surface area contributed by atoms with Crippen molar-refractivity contribution in [1.29, 1.82) is 0 Å². The third-order valence-electron chi connectivity index (χ3n) is 2.56. The van der Waals surface area contributed by atoms with E-state index in [0.717, 1.165) is 16.3 Å². The normalized spacial score (nSPS) is 11.8. The van der Waals surface area contributed by atoms with Crippen molar-refractivity contribution in [3.05, 3.63) is 23.0 Å². The van der Waals surface area contributed by atoms with E-state index in [4.69, 9.17) is 10.2 Å². The van der Waals surface area contributed by atoms with Crippen LogP contribution in [-0.2, 0) is 6.54 Å². The van der Waals surface area contributed by atoms with Crippen LogP contribution in [-0.4, -0.2) is 38.9 Å². The zero-order valence-electron chi connectivity index (χ0n) is 9.05. The lowest BCUT2D eigenvalue weighted by atomic mass is 10.3. The summed E-state index contributed by atoms with van der Waals surface area (Å²) in [6, 6.07) is -0.274. The quantitative estimate of drug-likeness (QED) is 0.697. The lowest BCUT2D eigenvalue weighted by Gasteiger charge is -2.12. The molecule has 0 radical (unpaired) electrons. The average molecular weight is 241 g/mol. The summed E-state index contributed by atoms with van der Waals surface area (Å²) in [5.74, 6) is 0. The number of nitrogens with zero attached hydrogens (tertiary/aromatic N) is 2. The molecule has 2 aromatic rings. The van der Waals surface area contributed by atoms with Crippen molar-refractivity contribution in [2.75, 3.05) is 13.2 Å². The van der Waals surface area contributed by atoms with Gasteiger partial charge in [0.2, 0.25) is 0 Å². The number of aliphatic hydroxyl groups is 2. The van der Waals surface area contributed by atoms with Crippen molar-refractivity contribution in [2.45, 2.75) is 19.5 Å². The van der Waals surface area contributed by atoms with E-state index >= 15 is 0 Å². The lowest BCUT2D eigenvalue weighted by molar-refractivity contribution is 0.170. The first-order valence-corrected chi connectivity index (χ1v) is 6.00. The lowest BCUT2D eigenvalue weighted by Crippen LogP contribution is -2.35. The second kappa shape index (κ2) is 4.92. The van der Waals surface area contributed by atoms with E-state index in [0.29, 0.717) is 6.54 Å². The summed E-state index contributed by atoms with van der Waals surface area (Å²) in [4.78, 5) is 5.39. The van der Waals surface area contributed by atoms with Crippen LogP contribution in [0.5, 0.6) is 0 Å². The first-order chi connectivity index (χ1) is 7.76. The molecular weight excluding hydrogens is 226 g/mol. The Morgan fingerprint density at radius 2 is 2.25 bits per heavy atom. The minimum atomic E-state index is -0.274. The largest absolute Gasteiger partial charge is 0.395 e. The van der Waals surface area contributed by atoms with Gasteiger partial charge in [0.1, 0.15) is 0 Å². The molecule has 2 heterocycles. The molecule has 5 nitrogen and oxygen atoms in total. The number of aromatic nitrogens is 2. The van der Waals surface area contributed by atoms with E-state index in [-0.39, 0.29) is 19.3 Å². The van der Waals surface area contributed by atoms with Gasteiger partial charge in [-0.05, 0) is 6.92 Å². The van der Waals surface area contributed by atoms with Gasteiger partial charge in [-0.1, -0.05) is 0 Å². The zero-order chi connectivity index (χ0) is 11.5. The number of nitrogens with one attached hydrogen (secondary N) is 1. The van der Waals surface area contributed by atoms with Crippen molar-refractivity contribution in [3.63, 3.8) is 0 Å². The number of aryl methyl sites for hydroxylation is 1. The van der Waals surface area contributed by atoms with Crippen LogP contribution in [0.25, 0.3) is 4.96 Å². The van der Waals surface area contributed by atoms with Crippen molar-refractivity contribution in [2.24, 2.45) is 0 Å². The van der Waals surface area contributed by atoms with E-state index in [1.807, 2.05) is 22.9 Å². The molecule has 0 aromatic carbocycles. The SMILES string of the molecule is Cc1nc2sccn2c1CNC(CO)CO. The predicted molar refractivity (Wildman–Crippen MR) is 62.6 cm³/mol. The fourth-order valence-corrected chi connectivity index (χ4v) is 2.36. The second-order valence-corrected chi connectivity index (χ2v) is 4.52. The Balaban J connectivity index is 2.13. The maximum atomic E-state index is 8.95. The van der Waals surface area contributed by atoms with Crippen molar-refractivity contribution < 1.29 is 10.2 Å². The van der Waals surface area contributed by atoms with E-state index in [1.165, 1.54) is 0 Å². The minimum absolute atomic E-state index is 0.0683. The highest BCUT2D eigenvalue weighted by Crippen LogP contribution is 2.16. The molecule has 0 unspecified atom stereocenters. The first-order valence-electron chi connectivity index (χ1n) is 5.12. The summed E-state index contributed by atoms with van der Waals surface area (Å²) < 4.78 is 2.03. The number of thiazole rings is 1. The highest BCUT2D eigenvalue weighted by Gasteiger charge is 2.11. The number of aliphatic hydroxyl groups excluding tert-OH is 2. The van der Waals surface area contributed by atoms with E-state index in [2.05, 4.69) is 10.3 Å². The summed E-state index contributed by atoms with van der Waals surface area (Å²) in [6.07, 6.45) is 1.98. The molecule has 88 valence electrons. The summed E-state index contributed by atoms with van der Waals surface area (Å²) in [5, 5.41) is 23.0. The molecule has 0 aliphatic carbocycles. The van der Waals surface area contributed by atoms with Gasteiger partial charge in [-0.25, -0.2) is 4.98 Å². The van der Waals surface area contributed by atoms with Crippen LogP contribution in [0.15, 0.2) is 11.6 Å². The fraction of sp³-hybridized carbons (Fsp3) is 0.500. The van der Waals surface area contributed by atoms with Gasteiger partial charge in [0, 0.05) is 18.1 Å². The van der Waals surface area contributed by atoms with Crippen LogP contribution < -0.4 is 5.32 Å². The molecular formula is C10H15N3O2S. The summed E-state index contributed by atoms with van der Waals surface area (Å²) in [7, 11) is 0. The molecule has 0 bridgehead atoms. The molecule has 3 N–H and O–H groups in total. The van der Waals surface area contributed by atoms with Gasteiger partial charge < -0.3 is 15.5 Å². The third-order valence-corrected chi connectivity index (χ3v) is 3.32. The molecule has 2 rings (SSSR count). The Morgan fingerprint density at radius 3 is 2.94 bits per heavy atom. The molecule has 0 atom stereocenters. The number of hydrogen-bond donors (Lipinski definition) is 3. The van der Waals surface area contributed by atoms with Crippen LogP contribution in [0.4, 0.5) is 0 Å². The molecule has 16 heavy (non-hydrogen) atoms.